The molecular formula is C21H27N3O4S. The quantitative estimate of drug-likeness (QED) is 0.767. The minimum absolute atomic E-state index is 0.215. The molecule has 0 aromatic heterocycles. The zero-order valence-corrected chi connectivity index (χ0v) is 18.2. The molecule has 0 aliphatic carbocycles. The van der Waals surface area contributed by atoms with Crippen molar-refractivity contribution in [3.8, 4) is 5.75 Å². The number of amides is 2. The highest BCUT2D eigenvalue weighted by Gasteiger charge is 2.47. The van der Waals surface area contributed by atoms with Crippen molar-refractivity contribution < 1.29 is 17.9 Å². The van der Waals surface area contributed by atoms with Crippen molar-refractivity contribution in [1.82, 2.24) is 14.1 Å². The number of urea groups is 1. The van der Waals surface area contributed by atoms with Crippen LogP contribution in [0.2, 0.25) is 0 Å². The summed E-state index contributed by atoms with van der Waals surface area (Å²) in [6, 6.07) is 13.4. The maximum Gasteiger partial charge on any atom is 0.321 e. The predicted molar refractivity (Wildman–Crippen MR) is 111 cm³/mol. The Balaban J connectivity index is 2.10. The number of ether oxygens (including phenoxy) is 1. The highest BCUT2D eigenvalue weighted by molar-refractivity contribution is 7.89. The largest absolute Gasteiger partial charge is 0.497 e. The van der Waals surface area contributed by atoms with Gasteiger partial charge in [-0.15, -0.1) is 0 Å². The van der Waals surface area contributed by atoms with Gasteiger partial charge in [0.05, 0.1) is 12.0 Å². The molecule has 29 heavy (non-hydrogen) atoms. The Labute approximate surface area is 172 Å². The van der Waals surface area contributed by atoms with Crippen molar-refractivity contribution in [2.75, 3.05) is 27.7 Å². The molecule has 2 aromatic rings. The third-order valence-electron chi connectivity index (χ3n) is 5.10. The molecule has 0 radical (unpaired) electrons. The molecule has 2 amide bonds. The summed E-state index contributed by atoms with van der Waals surface area (Å²) < 4.78 is 33.6. The Hall–Kier alpha value is -2.58. The predicted octanol–water partition coefficient (Wildman–Crippen LogP) is 3.08. The minimum Gasteiger partial charge on any atom is -0.497 e. The van der Waals surface area contributed by atoms with Gasteiger partial charge in [0.2, 0.25) is 10.0 Å². The van der Waals surface area contributed by atoms with Crippen LogP contribution < -0.4 is 4.74 Å². The van der Waals surface area contributed by atoms with Crippen LogP contribution in [-0.4, -0.2) is 62.3 Å². The molecule has 156 valence electrons. The second-order valence-corrected chi connectivity index (χ2v) is 9.36. The Bertz CT molecular complexity index is 972. The molecule has 0 N–H and O–H groups in total. The highest BCUT2D eigenvalue weighted by atomic mass is 32.2. The number of hydrogen-bond acceptors (Lipinski definition) is 4. The van der Waals surface area contributed by atoms with Gasteiger partial charge in [0, 0.05) is 26.7 Å². The number of hydrogen-bond donors (Lipinski definition) is 0. The third kappa shape index (κ3) is 3.95. The van der Waals surface area contributed by atoms with Crippen LogP contribution in [0.4, 0.5) is 4.79 Å². The van der Waals surface area contributed by atoms with Crippen molar-refractivity contribution in [2.45, 2.75) is 31.0 Å². The Morgan fingerprint density at radius 3 is 2.17 bits per heavy atom. The number of rotatable bonds is 4. The first-order chi connectivity index (χ1) is 13.7. The first-order valence-corrected chi connectivity index (χ1v) is 10.8. The lowest BCUT2D eigenvalue weighted by Gasteiger charge is -2.33. The molecule has 7 nitrogen and oxygen atoms in total. The molecule has 1 aliphatic rings. The van der Waals surface area contributed by atoms with E-state index in [-0.39, 0.29) is 23.5 Å². The van der Waals surface area contributed by atoms with Gasteiger partial charge in [0.25, 0.3) is 0 Å². The zero-order chi connectivity index (χ0) is 21.3. The third-order valence-corrected chi connectivity index (χ3v) is 6.93. The summed E-state index contributed by atoms with van der Waals surface area (Å²) in [4.78, 5) is 16.2. The van der Waals surface area contributed by atoms with Crippen molar-refractivity contribution in [3.63, 3.8) is 0 Å². The van der Waals surface area contributed by atoms with E-state index in [4.69, 9.17) is 4.74 Å². The molecule has 1 heterocycles. The second kappa shape index (κ2) is 8.04. The lowest BCUT2D eigenvalue weighted by atomic mass is 10.1. The van der Waals surface area contributed by atoms with Gasteiger partial charge < -0.3 is 9.64 Å². The van der Waals surface area contributed by atoms with Gasteiger partial charge in [-0.25, -0.2) is 13.2 Å². The molecule has 0 bridgehead atoms. The van der Waals surface area contributed by atoms with Crippen molar-refractivity contribution >= 4 is 16.1 Å². The Morgan fingerprint density at radius 2 is 1.66 bits per heavy atom. The summed E-state index contributed by atoms with van der Waals surface area (Å²) in [5, 5.41) is 0. The lowest BCUT2D eigenvalue weighted by molar-refractivity contribution is 0.138. The summed E-state index contributed by atoms with van der Waals surface area (Å²) in [5.41, 5.74) is 1.69. The molecule has 1 fully saturated rings. The van der Waals surface area contributed by atoms with E-state index in [1.165, 1.54) is 9.21 Å². The SMILES string of the molecule is COc1ccc([C@@H]2N(C(=O)N(C)C)[C@@H](C)CN2S(=O)(=O)c2ccc(C)cc2)cc1. The van der Waals surface area contributed by atoms with E-state index in [0.29, 0.717) is 11.3 Å². The van der Waals surface area contributed by atoms with E-state index in [0.717, 1.165) is 5.56 Å². The fraction of sp³-hybridized carbons (Fsp3) is 0.381. The first-order valence-electron chi connectivity index (χ1n) is 9.39. The van der Waals surface area contributed by atoms with Crippen LogP contribution >= 0.6 is 0 Å². The summed E-state index contributed by atoms with van der Waals surface area (Å²) in [6.07, 6.45) is -0.739. The van der Waals surface area contributed by atoms with E-state index in [9.17, 15) is 13.2 Å². The Kier molecular flexibility index (Phi) is 5.86. The fourth-order valence-electron chi connectivity index (χ4n) is 3.53. The Morgan fingerprint density at radius 1 is 1.07 bits per heavy atom. The number of nitrogens with zero attached hydrogens (tertiary/aromatic N) is 3. The zero-order valence-electron chi connectivity index (χ0n) is 17.4. The maximum atomic E-state index is 13.5. The molecule has 0 unspecified atom stereocenters. The molecule has 2 atom stereocenters. The summed E-state index contributed by atoms with van der Waals surface area (Å²) in [6.45, 7) is 3.99. The highest BCUT2D eigenvalue weighted by Crippen LogP contribution is 2.38. The second-order valence-electron chi connectivity index (χ2n) is 7.47. The number of sulfonamides is 1. The van der Waals surface area contributed by atoms with Crippen LogP contribution in [0.25, 0.3) is 0 Å². The summed E-state index contributed by atoms with van der Waals surface area (Å²) in [7, 11) is 1.10. The minimum atomic E-state index is -3.80. The monoisotopic (exact) mass is 417 g/mol. The van der Waals surface area contributed by atoms with Crippen LogP contribution in [0.5, 0.6) is 5.75 Å². The molecule has 0 spiro atoms. The lowest BCUT2D eigenvalue weighted by Crippen LogP contribution is -2.44. The maximum absolute atomic E-state index is 13.5. The molecule has 1 saturated heterocycles. The molecule has 0 saturated carbocycles. The number of benzene rings is 2. The van der Waals surface area contributed by atoms with Gasteiger partial charge in [-0.05, 0) is 43.7 Å². The van der Waals surface area contributed by atoms with Gasteiger partial charge in [-0.1, -0.05) is 29.8 Å². The van der Waals surface area contributed by atoms with E-state index >= 15 is 0 Å². The number of methoxy groups -OCH3 is 1. The average Bonchev–Trinajstić information content (AvgIpc) is 3.05. The number of carbonyl (C=O) groups is 1. The number of carbonyl (C=O) groups excluding carboxylic acids is 1. The summed E-state index contributed by atoms with van der Waals surface area (Å²) in [5.74, 6) is 0.665. The smallest absolute Gasteiger partial charge is 0.321 e. The molecule has 8 heteroatoms. The van der Waals surface area contributed by atoms with E-state index in [1.54, 1.807) is 74.6 Å². The normalized spacial score (nSPS) is 20.0. The van der Waals surface area contributed by atoms with Crippen molar-refractivity contribution in [1.29, 1.82) is 0 Å². The van der Waals surface area contributed by atoms with Crippen LogP contribution in [0.3, 0.4) is 0 Å². The van der Waals surface area contributed by atoms with Crippen LogP contribution in [-0.2, 0) is 10.0 Å². The topological polar surface area (TPSA) is 70.2 Å². The molecule has 3 rings (SSSR count). The van der Waals surface area contributed by atoms with E-state index < -0.39 is 16.2 Å². The first kappa shape index (κ1) is 21.1. The molecule has 1 aliphatic heterocycles. The van der Waals surface area contributed by atoms with Crippen LogP contribution in [0.1, 0.15) is 24.2 Å². The molecular weight excluding hydrogens is 390 g/mol. The average molecular weight is 418 g/mol. The van der Waals surface area contributed by atoms with Crippen LogP contribution in [0, 0.1) is 6.92 Å². The van der Waals surface area contributed by atoms with Crippen molar-refractivity contribution in [2.24, 2.45) is 0 Å². The molecule has 2 aromatic carbocycles. The van der Waals surface area contributed by atoms with Gasteiger partial charge in [-0.2, -0.15) is 4.31 Å². The van der Waals surface area contributed by atoms with E-state index in [1.807, 2.05) is 13.8 Å². The van der Waals surface area contributed by atoms with E-state index in [2.05, 4.69) is 0 Å². The fourth-order valence-corrected chi connectivity index (χ4v) is 5.18. The summed E-state index contributed by atoms with van der Waals surface area (Å²) >= 11 is 0. The van der Waals surface area contributed by atoms with Crippen molar-refractivity contribution in [3.05, 3.63) is 59.7 Å². The van der Waals surface area contributed by atoms with Gasteiger partial charge >= 0.3 is 6.03 Å². The van der Waals surface area contributed by atoms with Gasteiger partial charge in [-0.3, -0.25) is 4.90 Å². The standard InChI is InChI=1S/C21H27N3O4S/c1-15-6-12-19(13-7-15)29(26,27)23-14-16(2)24(21(25)22(3)4)20(23)17-8-10-18(28-5)11-9-17/h6-13,16,20H,14H2,1-5H3/t16-,20-/m0/s1. The van der Waals surface area contributed by atoms with Crippen LogP contribution in [0.15, 0.2) is 53.4 Å². The van der Waals surface area contributed by atoms with Gasteiger partial charge in [0.1, 0.15) is 11.9 Å². The number of aryl methyl sites for hydroxylation is 1. The van der Waals surface area contributed by atoms with Gasteiger partial charge in [0.15, 0.2) is 0 Å².